The summed E-state index contributed by atoms with van der Waals surface area (Å²) >= 11 is 0. The minimum Gasteiger partial charge on any atom is -0.380 e. The van der Waals surface area contributed by atoms with Crippen molar-refractivity contribution < 1.29 is 9.66 Å². The summed E-state index contributed by atoms with van der Waals surface area (Å²) in [6.45, 7) is 3.95. The SMILES string of the molecule is CCCNc1ccc(COCCC2CC2)cc1[N+](=O)[O-]. The summed E-state index contributed by atoms with van der Waals surface area (Å²) in [4.78, 5) is 10.7. The summed E-state index contributed by atoms with van der Waals surface area (Å²) in [5.74, 6) is 0.852. The van der Waals surface area contributed by atoms with Crippen LogP contribution in [0.5, 0.6) is 0 Å². The van der Waals surface area contributed by atoms with Gasteiger partial charge in [0.05, 0.1) is 11.5 Å². The molecule has 1 fully saturated rings. The number of hydrogen-bond acceptors (Lipinski definition) is 4. The fourth-order valence-electron chi connectivity index (χ4n) is 2.07. The van der Waals surface area contributed by atoms with Gasteiger partial charge in [-0.05, 0) is 30.4 Å². The molecule has 1 aromatic rings. The van der Waals surface area contributed by atoms with Gasteiger partial charge in [0, 0.05) is 19.2 Å². The van der Waals surface area contributed by atoms with Crippen molar-refractivity contribution >= 4 is 11.4 Å². The van der Waals surface area contributed by atoms with Gasteiger partial charge in [-0.3, -0.25) is 10.1 Å². The van der Waals surface area contributed by atoms with Gasteiger partial charge in [0.15, 0.2) is 0 Å². The van der Waals surface area contributed by atoms with Gasteiger partial charge in [0.2, 0.25) is 0 Å². The van der Waals surface area contributed by atoms with Crippen molar-refractivity contribution in [2.45, 2.75) is 39.2 Å². The Hall–Kier alpha value is -1.62. The Kier molecular flexibility index (Phi) is 5.35. The monoisotopic (exact) mass is 278 g/mol. The summed E-state index contributed by atoms with van der Waals surface area (Å²) < 4.78 is 5.58. The zero-order chi connectivity index (χ0) is 14.4. The minimum atomic E-state index is -0.342. The lowest BCUT2D eigenvalue weighted by Gasteiger charge is -2.08. The second kappa shape index (κ2) is 7.24. The van der Waals surface area contributed by atoms with Crippen LogP contribution in [0.2, 0.25) is 0 Å². The molecule has 2 rings (SSSR count). The fraction of sp³-hybridized carbons (Fsp3) is 0.600. The van der Waals surface area contributed by atoms with E-state index < -0.39 is 0 Å². The first-order valence-electron chi connectivity index (χ1n) is 7.29. The van der Waals surface area contributed by atoms with E-state index in [1.165, 1.54) is 12.8 Å². The van der Waals surface area contributed by atoms with Crippen LogP contribution in [-0.4, -0.2) is 18.1 Å². The van der Waals surface area contributed by atoms with Crippen LogP contribution in [0.3, 0.4) is 0 Å². The van der Waals surface area contributed by atoms with E-state index in [2.05, 4.69) is 5.32 Å². The number of nitrogens with zero attached hydrogens (tertiary/aromatic N) is 1. The molecule has 1 N–H and O–H groups in total. The Morgan fingerprint density at radius 2 is 2.25 bits per heavy atom. The highest BCUT2D eigenvalue weighted by molar-refractivity contribution is 5.62. The molecule has 110 valence electrons. The highest BCUT2D eigenvalue weighted by Gasteiger charge is 2.20. The Morgan fingerprint density at radius 3 is 2.90 bits per heavy atom. The number of nitro groups is 1. The number of nitrogens with one attached hydrogen (secondary N) is 1. The minimum absolute atomic E-state index is 0.127. The van der Waals surface area contributed by atoms with Crippen molar-refractivity contribution in [2.24, 2.45) is 5.92 Å². The largest absolute Gasteiger partial charge is 0.380 e. The number of benzene rings is 1. The summed E-state index contributed by atoms with van der Waals surface area (Å²) in [5.41, 5.74) is 1.56. The summed E-state index contributed by atoms with van der Waals surface area (Å²) in [6.07, 6.45) is 4.70. The zero-order valence-corrected chi connectivity index (χ0v) is 11.9. The maximum absolute atomic E-state index is 11.1. The zero-order valence-electron chi connectivity index (χ0n) is 11.9. The molecule has 0 heterocycles. The number of nitro benzene ring substituents is 1. The van der Waals surface area contributed by atoms with Crippen molar-refractivity contribution in [3.8, 4) is 0 Å². The molecule has 0 aromatic heterocycles. The van der Waals surface area contributed by atoms with Crippen LogP contribution in [0.4, 0.5) is 11.4 Å². The molecule has 1 aromatic carbocycles. The van der Waals surface area contributed by atoms with Crippen molar-refractivity contribution in [2.75, 3.05) is 18.5 Å². The maximum atomic E-state index is 11.1. The molecule has 5 heteroatoms. The van der Waals surface area contributed by atoms with Gasteiger partial charge in [-0.15, -0.1) is 0 Å². The van der Waals surface area contributed by atoms with Crippen LogP contribution < -0.4 is 5.32 Å². The molecule has 0 radical (unpaired) electrons. The van der Waals surface area contributed by atoms with Gasteiger partial charge in [0.1, 0.15) is 5.69 Å². The van der Waals surface area contributed by atoms with Crippen LogP contribution in [0.25, 0.3) is 0 Å². The second-order valence-electron chi connectivity index (χ2n) is 5.32. The molecule has 0 amide bonds. The number of anilines is 1. The smallest absolute Gasteiger partial charge is 0.292 e. The Bertz CT molecular complexity index is 458. The van der Waals surface area contributed by atoms with Crippen molar-refractivity contribution in [3.63, 3.8) is 0 Å². The van der Waals surface area contributed by atoms with E-state index >= 15 is 0 Å². The van der Waals surface area contributed by atoms with E-state index in [1.54, 1.807) is 12.1 Å². The highest BCUT2D eigenvalue weighted by Crippen LogP contribution is 2.32. The highest BCUT2D eigenvalue weighted by atomic mass is 16.6. The fourth-order valence-corrected chi connectivity index (χ4v) is 2.07. The van der Waals surface area contributed by atoms with Gasteiger partial charge < -0.3 is 10.1 Å². The van der Waals surface area contributed by atoms with Crippen LogP contribution in [0.1, 0.15) is 38.2 Å². The van der Waals surface area contributed by atoms with Gasteiger partial charge in [-0.1, -0.05) is 25.8 Å². The molecular formula is C15H22N2O3. The first-order valence-corrected chi connectivity index (χ1v) is 7.29. The van der Waals surface area contributed by atoms with E-state index in [1.807, 2.05) is 13.0 Å². The van der Waals surface area contributed by atoms with Crippen LogP contribution in [-0.2, 0) is 11.3 Å². The van der Waals surface area contributed by atoms with E-state index in [0.717, 1.165) is 37.5 Å². The Balaban J connectivity index is 1.91. The molecule has 0 spiro atoms. The first kappa shape index (κ1) is 14.8. The topological polar surface area (TPSA) is 64.4 Å². The third-order valence-corrected chi connectivity index (χ3v) is 3.46. The number of hydrogen-bond donors (Lipinski definition) is 1. The predicted molar refractivity (Wildman–Crippen MR) is 78.9 cm³/mol. The lowest BCUT2D eigenvalue weighted by molar-refractivity contribution is -0.384. The molecule has 0 bridgehead atoms. The molecule has 0 saturated heterocycles. The van der Waals surface area contributed by atoms with Gasteiger partial charge in [-0.25, -0.2) is 0 Å². The van der Waals surface area contributed by atoms with Crippen LogP contribution in [0, 0.1) is 16.0 Å². The van der Waals surface area contributed by atoms with Crippen molar-refractivity contribution in [1.82, 2.24) is 0 Å². The van der Waals surface area contributed by atoms with Gasteiger partial charge in [0.25, 0.3) is 5.69 Å². The molecule has 1 aliphatic carbocycles. The van der Waals surface area contributed by atoms with Crippen molar-refractivity contribution in [3.05, 3.63) is 33.9 Å². The number of rotatable bonds is 9. The molecule has 5 nitrogen and oxygen atoms in total. The average Bonchev–Trinajstić information content (AvgIpc) is 3.26. The van der Waals surface area contributed by atoms with E-state index in [4.69, 9.17) is 4.74 Å². The second-order valence-corrected chi connectivity index (χ2v) is 5.32. The Labute approximate surface area is 119 Å². The summed E-state index contributed by atoms with van der Waals surface area (Å²) in [6, 6.07) is 5.27. The molecule has 0 unspecified atom stereocenters. The summed E-state index contributed by atoms with van der Waals surface area (Å²) in [7, 11) is 0. The van der Waals surface area contributed by atoms with E-state index in [0.29, 0.717) is 12.3 Å². The average molecular weight is 278 g/mol. The third-order valence-electron chi connectivity index (χ3n) is 3.46. The molecule has 0 aliphatic heterocycles. The summed E-state index contributed by atoms with van der Waals surface area (Å²) in [5, 5.41) is 14.2. The molecule has 0 atom stereocenters. The van der Waals surface area contributed by atoms with Gasteiger partial charge >= 0.3 is 0 Å². The quantitative estimate of drug-likeness (QED) is 0.424. The molecular weight excluding hydrogens is 256 g/mol. The van der Waals surface area contributed by atoms with E-state index in [-0.39, 0.29) is 10.6 Å². The lowest BCUT2D eigenvalue weighted by Crippen LogP contribution is -2.04. The van der Waals surface area contributed by atoms with Gasteiger partial charge in [-0.2, -0.15) is 0 Å². The third kappa shape index (κ3) is 4.49. The van der Waals surface area contributed by atoms with E-state index in [9.17, 15) is 10.1 Å². The molecule has 20 heavy (non-hydrogen) atoms. The number of ether oxygens (including phenoxy) is 1. The van der Waals surface area contributed by atoms with Crippen LogP contribution in [0.15, 0.2) is 18.2 Å². The Morgan fingerprint density at radius 1 is 1.45 bits per heavy atom. The van der Waals surface area contributed by atoms with Crippen molar-refractivity contribution in [1.29, 1.82) is 0 Å². The predicted octanol–water partition coefficient (Wildman–Crippen LogP) is 3.73. The standard InChI is InChI=1S/C15H22N2O3/c1-2-8-16-14-6-5-13(10-15(14)17(18)19)11-20-9-7-12-3-4-12/h5-6,10,12,16H,2-4,7-9,11H2,1H3. The first-order chi connectivity index (χ1) is 9.70. The lowest BCUT2D eigenvalue weighted by atomic mass is 10.2. The molecule has 1 saturated carbocycles. The maximum Gasteiger partial charge on any atom is 0.292 e. The van der Waals surface area contributed by atoms with Crippen LogP contribution >= 0.6 is 0 Å². The normalized spacial score (nSPS) is 14.2. The molecule has 1 aliphatic rings.